The Morgan fingerprint density at radius 3 is 2.68 bits per heavy atom. The number of hydrogen-bond donors (Lipinski definition) is 1. The Morgan fingerprint density at radius 1 is 1.06 bits per heavy atom. The lowest BCUT2D eigenvalue weighted by Gasteiger charge is -2.20. The van der Waals surface area contributed by atoms with E-state index in [1.807, 2.05) is 38.1 Å². The van der Waals surface area contributed by atoms with E-state index in [4.69, 9.17) is 4.74 Å². The molecule has 0 bridgehead atoms. The third kappa shape index (κ3) is 4.30. The summed E-state index contributed by atoms with van der Waals surface area (Å²) in [4.78, 5) is 19.1. The molecule has 0 saturated heterocycles. The van der Waals surface area contributed by atoms with E-state index >= 15 is 0 Å². The van der Waals surface area contributed by atoms with Crippen LogP contribution in [0.1, 0.15) is 34.8 Å². The number of aryl methyl sites for hydroxylation is 1. The highest BCUT2D eigenvalue weighted by Crippen LogP contribution is 2.38. The molecule has 0 fully saturated rings. The first kappa shape index (κ1) is 21.0. The summed E-state index contributed by atoms with van der Waals surface area (Å²) < 4.78 is 34.3. The SMILES string of the molecule is CCCN1C(=O)c2cc(S(=O)(=O)NCc3cccc(C)c3)ccc2Oc2cccnc21. The number of carbonyl (C=O) groups is 1. The van der Waals surface area contributed by atoms with Crippen molar-refractivity contribution < 1.29 is 17.9 Å². The summed E-state index contributed by atoms with van der Waals surface area (Å²) in [5.74, 6) is 0.837. The number of nitrogens with one attached hydrogen (secondary N) is 1. The molecule has 4 rings (SSSR count). The summed E-state index contributed by atoms with van der Waals surface area (Å²) in [6.45, 7) is 4.50. The maximum absolute atomic E-state index is 13.3. The summed E-state index contributed by atoms with van der Waals surface area (Å²) in [5, 5.41) is 0. The Morgan fingerprint density at radius 2 is 1.90 bits per heavy atom. The second-order valence-electron chi connectivity index (χ2n) is 7.36. The maximum Gasteiger partial charge on any atom is 0.263 e. The summed E-state index contributed by atoms with van der Waals surface area (Å²) in [7, 11) is -3.83. The molecule has 1 amide bonds. The average Bonchev–Trinajstić information content (AvgIpc) is 2.87. The van der Waals surface area contributed by atoms with Gasteiger partial charge in [-0.3, -0.25) is 9.69 Å². The molecule has 2 aromatic carbocycles. The van der Waals surface area contributed by atoms with Gasteiger partial charge in [-0.05, 0) is 49.2 Å². The number of hydrogen-bond acceptors (Lipinski definition) is 5. The van der Waals surface area contributed by atoms with E-state index in [0.717, 1.165) is 11.1 Å². The van der Waals surface area contributed by atoms with Gasteiger partial charge < -0.3 is 4.74 Å². The topological polar surface area (TPSA) is 88.6 Å². The van der Waals surface area contributed by atoms with Crippen LogP contribution in [0.4, 0.5) is 5.82 Å². The van der Waals surface area contributed by atoms with Crippen LogP contribution in [-0.4, -0.2) is 25.9 Å². The molecular formula is C23H23N3O4S. The molecule has 0 radical (unpaired) electrons. The number of rotatable bonds is 6. The fourth-order valence-electron chi connectivity index (χ4n) is 3.47. The fourth-order valence-corrected chi connectivity index (χ4v) is 4.52. The van der Waals surface area contributed by atoms with Gasteiger partial charge in [0, 0.05) is 19.3 Å². The van der Waals surface area contributed by atoms with Gasteiger partial charge >= 0.3 is 0 Å². The lowest BCUT2D eigenvalue weighted by molar-refractivity contribution is 0.0986. The molecule has 3 aromatic rings. The molecule has 7 nitrogen and oxygen atoms in total. The van der Waals surface area contributed by atoms with Crippen LogP contribution in [-0.2, 0) is 16.6 Å². The summed E-state index contributed by atoms with van der Waals surface area (Å²) in [6, 6.07) is 15.4. The van der Waals surface area contributed by atoms with Gasteiger partial charge in [0.15, 0.2) is 11.6 Å². The molecule has 1 N–H and O–H groups in total. The van der Waals surface area contributed by atoms with Crippen molar-refractivity contribution in [2.45, 2.75) is 31.7 Å². The minimum Gasteiger partial charge on any atom is -0.453 e. The van der Waals surface area contributed by atoms with Crippen LogP contribution in [0.3, 0.4) is 0 Å². The van der Waals surface area contributed by atoms with Crippen molar-refractivity contribution in [1.29, 1.82) is 0 Å². The minimum atomic E-state index is -3.83. The normalized spacial score (nSPS) is 13.2. The Hall–Kier alpha value is -3.23. The third-order valence-electron chi connectivity index (χ3n) is 4.96. The molecule has 1 aliphatic heterocycles. The number of aromatic nitrogens is 1. The lowest BCUT2D eigenvalue weighted by atomic mass is 10.1. The van der Waals surface area contributed by atoms with Crippen molar-refractivity contribution in [3.8, 4) is 11.5 Å². The molecule has 0 unspecified atom stereocenters. The van der Waals surface area contributed by atoms with Gasteiger partial charge in [0.25, 0.3) is 5.91 Å². The van der Waals surface area contributed by atoms with E-state index in [-0.39, 0.29) is 22.9 Å². The van der Waals surface area contributed by atoms with Crippen molar-refractivity contribution in [2.24, 2.45) is 0 Å². The Balaban J connectivity index is 1.67. The van der Waals surface area contributed by atoms with E-state index in [1.165, 1.54) is 23.1 Å². The molecule has 1 aromatic heterocycles. The predicted molar refractivity (Wildman–Crippen MR) is 118 cm³/mol. The molecule has 1 aliphatic rings. The van der Waals surface area contributed by atoms with Gasteiger partial charge in [-0.1, -0.05) is 36.8 Å². The zero-order chi connectivity index (χ0) is 22.0. The van der Waals surface area contributed by atoms with E-state index in [9.17, 15) is 13.2 Å². The number of nitrogens with zero attached hydrogens (tertiary/aromatic N) is 2. The number of amides is 1. The number of benzene rings is 2. The smallest absolute Gasteiger partial charge is 0.263 e. The maximum atomic E-state index is 13.3. The number of sulfonamides is 1. The first-order valence-corrected chi connectivity index (χ1v) is 11.5. The molecule has 8 heteroatoms. The van der Waals surface area contributed by atoms with E-state index in [1.54, 1.807) is 18.3 Å². The zero-order valence-electron chi connectivity index (χ0n) is 17.3. The Bertz CT molecular complexity index is 1240. The van der Waals surface area contributed by atoms with Crippen molar-refractivity contribution in [3.05, 3.63) is 77.5 Å². The molecule has 0 spiro atoms. The molecular weight excluding hydrogens is 414 g/mol. The van der Waals surface area contributed by atoms with E-state index in [0.29, 0.717) is 30.3 Å². The number of pyridine rings is 1. The first-order valence-electron chi connectivity index (χ1n) is 10.0. The monoisotopic (exact) mass is 437 g/mol. The van der Waals surface area contributed by atoms with Crippen LogP contribution >= 0.6 is 0 Å². The van der Waals surface area contributed by atoms with Crippen LogP contribution in [0, 0.1) is 6.92 Å². The highest BCUT2D eigenvalue weighted by Gasteiger charge is 2.30. The van der Waals surface area contributed by atoms with Gasteiger partial charge in [-0.2, -0.15) is 0 Å². The minimum absolute atomic E-state index is 0.00576. The lowest BCUT2D eigenvalue weighted by Crippen LogP contribution is -2.32. The van der Waals surface area contributed by atoms with E-state index < -0.39 is 10.0 Å². The summed E-state index contributed by atoms with van der Waals surface area (Å²) >= 11 is 0. The summed E-state index contributed by atoms with van der Waals surface area (Å²) in [6.07, 6.45) is 2.31. The largest absolute Gasteiger partial charge is 0.453 e. The van der Waals surface area contributed by atoms with Crippen molar-refractivity contribution in [1.82, 2.24) is 9.71 Å². The van der Waals surface area contributed by atoms with Gasteiger partial charge in [0.05, 0.1) is 10.5 Å². The second-order valence-corrected chi connectivity index (χ2v) is 9.12. The van der Waals surface area contributed by atoms with Gasteiger partial charge in [-0.25, -0.2) is 18.1 Å². The molecule has 2 heterocycles. The van der Waals surface area contributed by atoms with Crippen LogP contribution in [0.25, 0.3) is 0 Å². The molecule has 31 heavy (non-hydrogen) atoms. The molecule has 0 atom stereocenters. The van der Waals surface area contributed by atoms with Crippen LogP contribution < -0.4 is 14.4 Å². The molecule has 0 aliphatic carbocycles. The molecule has 160 valence electrons. The number of ether oxygens (including phenoxy) is 1. The molecule has 0 saturated carbocycles. The van der Waals surface area contributed by atoms with Gasteiger partial charge in [0.1, 0.15) is 5.75 Å². The standard InChI is InChI=1S/C23H23N3O4S/c1-3-12-26-22-21(8-5-11-24-22)30-20-10-9-18(14-19(20)23(26)27)31(28,29)25-15-17-7-4-6-16(2)13-17/h4-11,13-14,25H,3,12,15H2,1-2H3. The highest BCUT2D eigenvalue weighted by atomic mass is 32.2. The van der Waals surface area contributed by atoms with Crippen molar-refractivity contribution >= 4 is 21.7 Å². The Kier molecular flexibility index (Phi) is 5.75. The summed E-state index contributed by atoms with van der Waals surface area (Å²) in [5.41, 5.74) is 2.09. The van der Waals surface area contributed by atoms with Crippen molar-refractivity contribution in [2.75, 3.05) is 11.4 Å². The fraction of sp³-hybridized carbons (Fsp3) is 0.217. The van der Waals surface area contributed by atoms with E-state index in [2.05, 4.69) is 9.71 Å². The van der Waals surface area contributed by atoms with Crippen LogP contribution in [0.5, 0.6) is 11.5 Å². The average molecular weight is 438 g/mol. The number of anilines is 1. The highest BCUT2D eigenvalue weighted by molar-refractivity contribution is 7.89. The quantitative estimate of drug-likeness (QED) is 0.629. The third-order valence-corrected chi connectivity index (χ3v) is 6.36. The van der Waals surface area contributed by atoms with Crippen molar-refractivity contribution in [3.63, 3.8) is 0 Å². The Labute approximate surface area is 181 Å². The predicted octanol–water partition coefficient (Wildman–Crippen LogP) is 4.03. The van der Waals surface area contributed by atoms with Gasteiger partial charge in [0.2, 0.25) is 10.0 Å². The number of carbonyl (C=O) groups excluding carboxylic acids is 1. The first-order chi connectivity index (χ1) is 14.9. The van der Waals surface area contributed by atoms with Crippen LogP contribution in [0.15, 0.2) is 65.7 Å². The number of fused-ring (bicyclic) bond motifs is 2. The zero-order valence-corrected chi connectivity index (χ0v) is 18.1. The van der Waals surface area contributed by atoms with Gasteiger partial charge in [-0.15, -0.1) is 0 Å². The second kappa shape index (κ2) is 8.49. The van der Waals surface area contributed by atoms with Crippen LogP contribution in [0.2, 0.25) is 0 Å².